The third-order valence-electron chi connectivity index (χ3n) is 6.39. The van der Waals surface area contributed by atoms with Gasteiger partial charge in [0.1, 0.15) is 0 Å². The number of halogens is 4. The maximum Gasteiger partial charge on any atom is 0.416 e. The fraction of sp³-hybridized carbons (Fsp3) is 0.458. The minimum atomic E-state index is -4.42. The number of amides is 1. The first-order valence-electron chi connectivity index (χ1n) is 11.0. The summed E-state index contributed by atoms with van der Waals surface area (Å²) in [6.45, 7) is 2.78. The first-order valence-corrected chi connectivity index (χ1v) is 11.4. The Kier molecular flexibility index (Phi) is 7.05. The Morgan fingerprint density at radius 2 is 1.97 bits per heavy atom. The van der Waals surface area contributed by atoms with Gasteiger partial charge in [-0.05, 0) is 48.7 Å². The van der Waals surface area contributed by atoms with Crippen molar-refractivity contribution in [3.63, 3.8) is 0 Å². The number of ether oxygens (including phenoxy) is 1. The van der Waals surface area contributed by atoms with E-state index < -0.39 is 17.7 Å². The summed E-state index contributed by atoms with van der Waals surface area (Å²) in [6.07, 6.45) is -3.50. The zero-order valence-corrected chi connectivity index (χ0v) is 19.1. The molecule has 33 heavy (non-hydrogen) atoms. The van der Waals surface area contributed by atoms with Crippen molar-refractivity contribution < 1.29 is 22.7 Å². The average Bonchev–Trinajstić information content (AvgIpc) is 2.80. The summed E-state index contributed by atoms with van der Waals surface area (Å²) < 4.78 is 45.1. The van der Waals surface area contributed by atoms with E-state index in [1.165, 1.54) is 6.07 Å². The molecule has 2 unspecified atom stereocenters. The molecule has 178 valence electrons. The number of carbonyl (C=O) groups excluding carboxylic acids is 1. The minimum absolute atomic E-state index is 0.148. The molecule has 0 aliphatic carbocycles. The highest BCUT2D eigenvalue weighted by Crippen LogP contribution is 2.40. The second-order valence-electron chi connectivity index (χ2n) is 8.45. The molecule has 2 aromatic carbocycles. The molecular weight excluding hydrogens is 455 g/mol. The van der Waals surface area contributed by atoms with Crippen molar-refractivity contribution in [3.8, 4) is 0 Å². The molecule has 0 aromatic heterocycles. The molecule has 1 N–H and O–H groups in total. The molecule has 0 saturated carbocycles. The Bertz CT molecular complexity index is 1000. The van der Waals surface area contributed by atoms with Gasteiger partial charge in [-0.25, -0.2) is 0 Å². The molecule has 0 radical (unpaired) electrons. The van der Waals surface area contributed by atoms with Crippen molar-refractivity contribution in [1.29, 1.82) is 0 Å². The highest BCUT2D eigenvalue weighted by atomic mass is 35.5. The van der Waals surface area contributed by atoms with Gasteiger partial charge in [-0.15, -0.1) is 0 Å². The number of nitrogens with one attached hydrogen (secondary N) is 1. The summed E-state index contributed by atoms with van der Waals surface area (Å²) in [5.74, 6) is -0.626. The number of hydrogen-bond acceptors (Lipinski definition) is 4. The molecular formula is C24H27ClF3N3O2. The zero-order valence-electron chi connectivity index (χ0n) is 18.4. The van der Waals surface area contributed by atoms with E-state index in [0.29, 0.717) is 49.8 Å². The summed E-state index contributed by atoms with van der Waals surface area (Å²) in [6, 6.07) is 11.3. The maximum absolute atomic E-state index is 13.3. The Labute approximate surface area is 196 Å². The van der Waals surface area contributed by atoms with Crippen LogP contribution in [0.4, 0.5) is 24.5 Å². The number of hydrogen-bond donors (Lipinski definition) is 1. The topological polar surface area (TPSA) is 44.8 Å². The van der Waals surface area contributed by atoms with Gasteiger partial charge in [-0.3, -0.25) is 4.79 Å². The van der Waals surface area contributed by atoms with E-state index in [4.69, 9.17) is 16.3 Å². The third-order valence-corrected chi connectivity index (χ3v) is 6.71. The summed E-state index contributed by atoms with van der Waals surface area (Å²) in [4.78, 5) is 17.4. The molecule has 1 amide bonds. The number of benzene rings is 2. The Balaban J connectivity index is 1.63. The number of fused-ring (bicyclic) bond motifs is 3. The zero-order chi connectivity index (χ0) is 23.6. The van der Waals surface area contributed by atoms with Crippen molar-refractivity contribution in [3.05, 3.63) is 58.6 Å². The number of carbonyl (C=O) groups is 1. The third kappa shape index (κ3) is 5.06. The van der Waals surface area contributed by atoms with Gasteiger partial charge in [-0.2, -0.15) is 13.2 Å². The second kappa shape index (κ2) is 9.81. The molecule has 2 aliphatic rings. The second-order valence-corrected chi connectivity index (χ2v) is 8.85. The van der Waals surface area contributed by atoms with Crippen molar-refractivity contribution in [2.45, 2.75) is 25.1 Å². The van der Waals surface area contributed by atoms with Gasteiger partial charge in [0, 0.05) is 45.6 Å². The van der Waals surface area contributed by atoms with E-state index in [1.807, 2.05) is 24.3 Å². The lowest BCUT2D eigenvalue weighted by Crippen LogP contribution is -2.61. The van der Waals surface area contributed by atoms with Crippen LogP contribution in [0.2, 0.25) is 5.02 Å². The van der Waals surface area contributed by atoms with E-state index in [0.717, 1.165) is 17.4 Å². The van der Waals surface area contributed by atoms with E-state index in [2.05, 4.69) is 15.1 Å². The summed E-state index contributed by atoms with van der Waals surface area (Å²) >= 11 is 6.42. The van der Waals surface area contributed by atoms with Crippen LogP contribution in [-0.4, -0.2) is 51.8 Å². The summed E-state index contributed by atoms with van der Waals surface area (Å²) in [5.41, 5.74) is 1.55. The number of methoxy groups -OCH3 is 1. The molecule has 2 heterocycles. The van der Waals surface area contributed by atoms with Crippen LogP contribution in [0.5, 0.6) is 0 Å². The van der Waals surface area contributed by atoms with Gasteiger partial charge in [0.25, 0.3) is 0 Å². The monoisotopic (exact) mass is 481 g/mol. The van der Waals surface area contributed by atoms with Gasteiger partial charge < -0.3 is 19.9 Å². The average molecular weight is 482 g/mol. The number of anilines is 2. The number of para-hydroxylation sites is 1. The predicted octanol–water partition coefficient (Wildman–Crippen LogP) is 4.38. The van der Waals surface area contributed by atoms with Crippen LogP contribution >= 0.6 is 11.6 Å². The normalized spacial score (nSPS) is 20.3. The lowest BCUT2D eigenvalue weighted by atomic mass is 9.82. The van der Waals surface area contributed by atoms with E-state index in [-0.39, 0.29) is 18.4 Å². The van der Waals surface area contributed by atoms with Crippen molar-refractivity contribution in [2.75, 3.05) is 49.7 Å². The smallest absolute Gasteiger partial charge is 0.385 e. The predicted molar refractivity (Wildman–Crippen MR) is 123 cm³/mol. The van der Waals surface area contributed by atoms with Gasteiger partial charge in [0.15, 0.2) is 0 Å². The molecule has 0 bridgehead atoms. The number of rotatable bonds is 6. The van der Waals surface area contributed by atoms with Crippen molar-refractivity contribution in [2.24, 2.45) is 5.92 Å². The maximum atomic E-state index is 13.3. The highest BCUT2D eigenvalue weighted by molar-refractivity contribution is 6.33. The fourth-order valence-corrected chi connectivity index (χ4v) is 5.04. The van der Waals surface area contributed by atoms with Gasteiger partial charge in [0.05, 0.1) is 28.2 Å². The molecule has 0 spiro atoms. The van der Waals surface area contributed by atoms with Crippen LogP contribution in [0.1, 0.15) is 17.5 Å². The summed E-state index contributed by atoms with van der Waals surface area (Å²) in [5, 5.41) is 3.59. The molecule has 5 nitrogen and oxygen atoms in total. The largest absolute Gasteiger partial charge is 0.416 e. The lowest BCUT2D eigenvalue weighted by Gasteiger charge is -2.50. The molecule has 1 saturated heterocycles. The number of piperazine rings is 1. The molecule has 2 aliphatic heterocycles. The van der Waals surface area contributed by atoms with Crippen molar-refractivity contribution in [1.82, 2.24) is 5.32 Å². The van der Waals surface area contributed by atoms with Crippen LogP contribution in [-0.2, 0) is 22.1 Å². The number of alkyl halides is 3. The van der Waals surface area contributed by atoms with E-state index in [1.54, 1.807) is 13.2 Å². The minimum Gasteiger partial charge on any atom is -0.385 e. The van der Waals surface area contributed by atoms with Crippen LogP contribution in [0, 0.1) is 5.92 Å². The standard InChI is InChI=1S/C24H27ClF3N3O2/c1-33-12-4-9-29-23(32)18-14-16-13-17(24(26,27)28)7-8-20(16)31-11-10-30(15-22(18)31)21-6-3-2-5-19(21)25/h2-3,5-8,13,18,22H,4,9-12,14-15H2,1H3,(H,29,32). The van der Waals surface area contributed by atoms with E-state index >= 15 is 0 Å². The van der Waals surface area contributed by atoms with Crippen LogP contribution in [0.15, 0.2) is 42.5 Å². The van der Waals surface area contributed by atoms with E-state index in [9.17, 15) is 18.0 Å². The molecule has 2 aromatic rings. The van der Waals surface area contributed by atoms with Crippen molar-refractivity contribution >= 4 is 28.9 Å². The van der Waals surface area contributed by atoms with Crippen LogP contribution in [0.25, 0.3) is 0 Å². The number of nitrogens with zero attached hydrogens (tertiary/aromatic N) is 2. The van der Waals surface area contributed by atoms with Crippen LogP contribution < -0.4 is 15.1 Å². The lowest BCUT2D eigenvalue weighted by molar-refractivity contribution is -0.137. The highest BCUT2D eigenvalue weighted by Gasteiger charge is 2.43. The first-order chi connectivity index (χ1) is 15.8. The molecule has 4 rings (SSSR count). The first kappa shape index (κ1) is 23.7. The van der Waals surface area contributed by atoms with Gasteiger partial charge in [0.2, 0.25) is 5.91 Å². The Hall–Kier alpha value is -2.45. The quantitative estimate of drug-likeness (QED) is 0.622. The molecule has 9 heteroatoms. The molecule has 1 fully saturated rings. The summed E-state index contributed by atoms with van der Waals surface area (Å²) in [7, 11) is 1.60. The fourth-order valence-electron chi connectivity index (χ4n) is 4.79. The molecule has 2 atom stereocenters. The van der Waals surface area contributed by atoms with Gasteiger partial charge in [-0.1, -0.05) is 23.7 Å². The van der Waals surface area contributed by atoms with Gasteiger partial charge >= 0.3 is 6.18 Å². The SMILES string of the molecule is COCCCNC(=O)C1Cc2cc(C(F)(F)F)ccc2N2CCN(c3ccccc3Cl)CC12. The van der Waals surface area contributed by atoms with Crippen LogP contribution in [0.3, 0.4) is 0 Å². The Morgan fingerprint density at radius 1 is 1.18 bits per heavy atom. The Morgan fingerprint density at radius 3 is 2.70 bits per heavy atom.